The van der Waals surface area contributed by atoms with E-state index < -0.39 is 0 Å². The first-order chi connectivity index (χ1) is 5.77. The van der Waals surface area contributed by atoms with Crippen molar-refractivity contribution < 1.29 is 0 Å². The quantitative estimate of drug-likeness (QED) is 0.668. The van der Waals surface area contributed by atoms with Gasteiger partial charge in [0.1, 0.15) is 0 Å². The molecule has 0 spiro atoms. The summed E-state index contributed by atoms with van der Waals surface area (Å²) in [6.45, 7) is 6.09. The van der Waals surface area contributed by atoms with Gasteiger partial charge in [-0.15, -0.1) is 0 Å². The molecule has 2 heteroatoms. The van der Waals surface area contributed by atoms with E-state index in [1.54, 1.807) is 0 Å². The van der Waals surface area contributed by atoms with Gasteiger partial charge in [0, 0.05) is 18.2 Å². The molecule has 1 aliphatic carbocycles. The monoisotopic (exact) mass is 168 g/mol. The molecule has 2 atom stereocenters. The second kappa shape index (κ2) is 4.61. The van der Waals surface area contributed by atoms with Crippen molar-refractivity contribution in [1.29, 1.82) is 0 Å². The van der Waals surface area contributed by atoms with E-state index in [4.69, 9.17) is 5.73 Å². The molecule has 0 radical (unpaired) electrons. The average molecular weight is 168 g/mol. The van der Waals surface area contributed by atoms with Crippen LogP contribution in [0.2, 0.25) is 0 Å². The molecule has 1 fully saturated rings. The summed E-state index contributed by atoms with van der Waals surface area (Å²) in [5.41, 5.74) is 6.79. The fourth-order valence-corrected chi connectivity index (χ4v) is 1.47. The van der Waals surface area contributed by atoms with Crippen LogP contribution in [0.3, 0.4) is 0 Å². The Bertz CT molecular complexity index is 163. The average Bonchev–Trinajstić information content (AvgIpc) is 2.80. The van der Waals surface area contributed by atoms with Crippen LogP contribution in [0.15, 0.2) is 4.99 Å². The second-order valence-corrected chi connectivity index (χ2v) is 3.81. The smallest absolute Gasteiger partial charge is 0.0511 e. The van der Waals surface area contributed by atoms with Crippen LogP contribution in [0.25, 0.3) is 0 Å². The first-order valence-corrected chi connectivity index (χ1v) is 5.01. The van der Waals surface area contributed by atoms with Gasteiger partial charge in [-0.1, -0.05) is 20.3 Å². The van der Waals surface area contributed by atoms with Crippen molar-refractivity contribution in [3.63, 3.8) is 0 Å². The highest BCUT2D eigenvalue weighted by atomic mass is 14.8. The van der Waals surface area contributed by atoms with E-state index >= 15 is 0 Å². The predicted octanol–water partition coefficient (Wildman–Crippen LogP) is 1.84. The highest BCUT2D eigenvalue weighted by Gasteiger charge is 2.31. The van der Waals surface area contributed by atoms with Crippen LogP contribution in [0.5, 0.6) is 0 Å². The lowest BCUT2D eigenvalue weighted by Crippen LogP contribution is -2.02. The highest BCUT2D eigenvalue weighted by Crippen LogP contribution is 2.33. The zero-order chi connectivity index (χ0) is 8.97. The Balaban J connectivity index is 2.15. The third kappa shape index (κ3) is 2.94. The normalized spacial score (nSPS) is 27.6. The molecule has 0 saturated heterocycles. The molecule has 0 heterocycles. The third-order valence-electron chi connectivity index (χ3n) is 2.59. The molecule has 0 bridgehead atoms. The fraction of sp³-hybridized carbons (Fsp3) is 0.900. The maximum Gasteiger partial charge on any atom is 0.0511 e. The molecule has 70 valence electrons. The number of rotatable bonds is 5. The van der Waals surface area contributed by atoms with E-state index in [1.165, 1.54) is 25.0 Å². The van der Waals surface area contributed by atoms with E-state index in [1.807, 2.05) is 0 Å². The molecule has 2 N–H and O–H groups in total. The Morgan fingerprint density at radius 2 is 2.42 bits per heavy atom. The first kappa shape index (κ1) is 9.72. The SMILES string of the molecule is CC[C@@H](C)CC1C/C1=N/CCN. The maximum atomic E-state index is 5.37. The molecule has 0 aliphatic heterocycles. The van der Waals surface area contributed by atoms with Crippen molar-refractivity contribution in [2.24, 2.45) is 22.6 Å². The van der Waals surface area contributed by atoms with Crippen molar-refractivity contribution in [1.82, 2.24) is 0 Å². The Labute approximate surface area is 75.3 Å². The molecule has 1 saturated carbocycles. The van der Waals surface area contributed by atoms with Crippen molar-refractivity contribution in [2.75, 3.05) is 13.1 Å². The molecule has 0 aromatic heterocycles. The summed E-state index contributed by atoms with van der Waals surface area (Å²) in [4.78, 5) is 4.41. The minimum Gasteiger partial charge on any atom is -0.329 e. The van der Waals surface area contributed by atoms with Gasteiger partial charge in [0.2, 0.25) is 0 Å². The number of hydrogen-bond donors (Lipinski definition) is 1. The van der Waals surface area contributed by atoms with Gasteiger partial charge >= 0.3 is 0 Å². The van der Waals surface area contributed by atoms with Gasteiger partial charge in [0.15, 0.2) is 0 Å². The summed E-state index contributed by atoms with van der Waals surface area (Å²) in [6, 6.07) is 0. The van der Waals surface area contributed by atoms with Gasteiger partial charge in [0.05, 0.1) is 6.54 Å². The number of aliphatic imine (C=N–C) groups is 1. The first-order valence-electron chi connectivity index (χ1n) is 5.01. The lowest BCUT2D eigenvalue weighted by molar-refractivity contribution is 0.494. The van der Waals surface area contributed by atoms with Crippen LogP contribution in [-0.2, 0) is 0 Å². The minimum absolute atomic E-state index is 0.694. The summed E-state index contributed by atoms with van der Waals surface area (Å²) >= 11 is 0. The minimum atomic E-state index is 0.694. The molecule has 2 nitrogen and oxygen atoms in total. The predicted molar refractivity (Wildman–Crippen MR) is 53.5 cm³/mol. The molecule has 0 amide bonds. The van der Waals surface area contributed by atoms with Gasteiger partial charge in [0.25, 0.3) is 0 Å². The molecule has 0 aromatic carbocycles. The van der Waals surface area contributed by atoms with Gasteiger partial charge in [-0.2, -0.15) is 0 Å². The Morgan fingerprint density at radius 3 is 3.00 bits per heavy atom. The summed E-state index contributed by atoms with van der Waals surface area (Å²) in [6.07, 6.45) is 3.87. The highest BCUT2D eigenvalue weighted by molar-refractivity contribution is 6.01. The van der Waals surface area contributed by atoms with Gasteiger partial charge in [-0.25, -0.2) is 0 Å². The molecular formula is C10H20N2. The molecular weight excluding hydrogens is 148 g/mol. The third-order valence-corrected chi connectivity index (χ3v) is 2.59. The number of nitrogens with two attached hydrogens (primary N) is 1. The maximum absolute atomic E-state index is 5.37. The summed E-state index contributed by atoms with van der Waals surface area (Å²) in [7, 11) is 0. The van der Waals surface area contributed by atoms with Gasteiger partial charge < -0.3 is 5.73 Å². The van der Waals surface area contributed by atoms with Crippen molar-refractivity contribution in [3.05, 3.63) is 0 Å². The van der Waals surface area contributed by atoms with Crippen LogP contribution in [0, 0.1) is 11.8 Å². The van der Waals surface area contributed by atoms with Gasteiger partial charge in [-0.3, -0.25) is 4.99 Å². The van der Waals surface area contributed by atoms with Crippen LogP contribution in [0.1, 0.15) is 33.1 Å². The van der Waals surface area contributed by atoms with E-state index in [2.05, 4.69) is 18.8 Å². The van der Waals surface area contributed by atoms with Crippen LogP contribution < -0.4 is 5.73 Å². The van der Waals surface area contributed by atoms with Crippen molar-refractivity contribution >= 4 is 5.71 Å². The Morgan fingerprint density at radius 1 is 1.67 bits per heavy atom. The number of nitrogens with zero attached hydrogens (tertiary/aromatic N) is 1. The zero-order valence-electron chi connectivity index (χ0n) is 8.21. The summed E-state index contributed by atoms with van der Waals surface area (Å²) in [5.74, 6) is 1.67. The van der Waals surface area contributed by atoms with Crippen LogP contribution in [-0.4, -0.2) is 18.8 Å². The molecule has 1 unspecified atom stereocenters. The Kier molecular flexibility index (Phi) is 3.73. The van der Waals surface area contributed by atoms with E-state index in [0.29, 0.717) is 6.54 Å². The molecule has 1 aliphatic rings. The van der Waals surface area contributed by atoms with Crippen LogP contribution >= 0.6 is 0 Å². The second-order valence-electron chi connectivity index (χ2n) is 3.81. The topological polar surface area (TPSA) is 38.4 Å². The van der Waals surface area contributed by atoms with E-state index in [0.717, 1.165) is 18.4 Å². The van der Waals surface area contributed by atoms with Crippen molar-refractivity contribution in [3.8, 4) is 0 Å². The largest absolute Gasteiger partial charge is 0.329 e. The molecule has 12 heavy (non-hydrogen) atoms. The van der Waals surface area contributed by atoms with Gasteiger partial charge in [-0.05, 0) is 18.8 Å². The van der Waals surface area contributed by atoms with Crippen molar-refractivity contribution in [2.45, 2.75) is 33.1 Å². The summed E-state index contributed by atoms with van der Waals surface area (Å²) < 4.78 is 0. The molecule has 1 rings (SSSR count). The lowest BCUT2D eigenvalue weighted by Gasteiger charge is -2.04. The standard InChI is InChI=1S/C10H20N2/c1-3-8(2)6-9-7-10(9)12-5-4-11/h8-9H,3-7,11H2,1-2H3/b12-10-/t8-,9?/m1/s1. The Hall–Kier alpha value is -0.370. The zero-order valence-corrected chi connectivity index (χ0v) is 8.21. The lowest BCUT2D eigenvalue weighted by atomic mass is 10.0. The summed E-state index contributed by atoms with van der Waals surface area (Å²) in [5, 5.41) is 0. The van der Waals surface area contributed by atoms with E-state index in [9.17, 15) is 0 Å². The van der Waals surface area contributed by atoms with E-state index in [-0.39, 0.29) is 0 Å². The molecule has 0 aromatic rings. The van der Waals surface area contributed by atoms with Crippen LogP contribution in [0.4, 0.5) is 0 Å². The number of hydrogen-bond acceptors (Lipinski definition) is 2. The fourth-order valence-electron chi connectivity index (χ4n) is 1.47.